The van der Waals surface area contributed by atoms with Gasteiger partial charge < -0.3 is 4.74 Å². The number of anilines is 1. The van der Waals surface area contributed by atoms with E-state index in [1.165, 1.54) is 4.90 Å². The van der Waals surface area contributed by atoms with Gasteiger partial charge in [-0.1, -0.05) is 25.1 Å². The van der Waals surface area contributed by atoms with Crippen molar-refractivity contribution < 1.29 is 14.3 Å². The Bertz CT molecular complexity index is 408. The van der Waals surface area contributed by atoms with Crippen LogP contribution in [0.25, 0.3) is 0 Å². The normalized spacial score (nSPS) is 10.0. The molecule has 4 nitrogen and oxygen atoms in total. The molecule has 5 heteroatoms. The first kappa shape index (κ1) is 15.5. The van der Waals surface area contributed by atoms with Crippen molar-refractivity contribution in [3.63, 3.8) is 0 Å². The predicted octanol–water partition coefficient (Wildman–Crippen LogP) is 3.24. The molecule has 0 saturated carbocycles. The summed E-state index contributed by atoms with van der Waals surface area (Å²) in [5.41, 5.74) is 0.714. The topological polar surface area (TPSA) is 46.6 Å². The molecule has 0 bridgehead atoms. The number of ether oxygens (including phenoxy) is 1. The van der Waals surface area contributed by atoms with E-state index in [-0.39, 0.29) is 24.6 Å². The summed E-state index contributed by atoms with van der Waals surface area (Å²) in [6, 6.07) is 9.14. The molecule has 19 heavy (non-hydrogen) atoms. The monoisotopic (exact) mass is 283 g/mol. The van der Waals surface area contributed by atoms with Crippen molar-refractivity contribution >= 4 is 29.2 Å². The van der Waals surface area contributed by atoms with Gasteiger partial charge >= 0.3 is 6.09 Å². The third kappa shape index (κ3) is 5.30. The lowest BCUT2D eigenvalue weighted by Gasteiger charge is -2.21. The van der Waals surface area contributed by atoms with Crippen LogP contribution >= 0.6 is 11.6 Å². The van der Waals surface area contributed by atoms with Crippen LogP contribution in [0, 0.1) is 0 Å². The van der Waals surface area contributed by atoms with Gasteiger partial charge in [-0.15, -0.1) is 11.6 Å². The van der Waals surface area contributed by atoms with Crippen molar-refractivity contribution in [3.05, 3.63) is 30.3 Å². The molecule has 0 atom stereocenters. The number of nitrogens with zero attached hydrogens (tertiary/aromatic N) is 1. The van der Waals surface area contributed by atoms with Gasteiger partial charge in [0.15, 0.2) is 0 Å². The van der Waals surface area contributed by atoms with Crippen molar-refractivity contribution in [2.24, 2.45) is 0 Å². The van der Waals surface area contributed by atoms with Crippen LogP contribution in [0.1, 0.15) is 19.8 Å². The molecule has 0 unspecified atom stereocenters. The van der Waals surface area contributed by atoms with E-state index in [4.69, 9.17) is 16.3 Å². The third-order valence-electron chi connectivity index (χ3n) is 2.48. The van der Waals surface area contributed by atoms with E-state index < -0.39 is 6.09 Å². The Hall–Kier alpha value is -1.55. The molecular formula is C14H18ClNO3. The van der Waals surface area contributed by atoms with Crippen LogP contribution in [-0.2, 0) is 9.53 Å². The highest BCUT2D eigenvalue weighted by Gasteiger charge is 2.17. The maximum absolute atomic E-state index is 12.0. The summed E-state index contributed by atoms with van der Waals surface area (Å²) in [7, 11) is 0. The molecule has 104 valence electrons. The van der Waals surface area contributed by atoms with Crippen LogP contribution in [0.15, 0.2) is 30.3 Å². The van der Waals surface area contributed by atoms with Crippen LogP contribution in [0.4, 0.5) is 10.5 Å². The molecule has 0 aromatic heterocycles. The van der Waals surface area contributed by atoms with Crippen LogP contribution in [0.2, 0.25) is 0 Å². The van der Waals surface area contributed by atoms with E-state index in [0.29, 0.717) is 12.3 Å². The number of para-hydroxylation sites is 1. The fraction of sp³-hybridized carbons (Fsp3) is 0.429. The number of carbonyl (C=O) groups is 2. The molecule has 0 N–H and O–H groups in total. The Morgan fingerprint density at radius 3 is 2.53 bits per heavy atom. The Labute approximate surface area is 118 Å². The zero-order chi connectivity index (χ0) is 14.1. The Kier molecular flexibility index (Phi) is 6.97. The van der Waals surface area contributed by atoms with E-state index in [1.807, 2.05) is 25.1 Å². The molecule has 0 saturated heterocycles. The van der Waals surface area contributed by atoms with E-state index in [9.17, 15) is 9.59 Å². The summed E-state index contributed by atoms with van der Waals surface area (Å²) >= 11 is 5.46. The van der Waals surface area contributed by atoms with Crippen molar-refractivity contribution in [3.8, 4) is 0 Å². The van der Waals surface area contributed by atoms with Gasteiger partial charge in [0.05, 0.1) is 12.5 Å². The number of halogens is 1. The highest BCUT2D eigenvalue weighted by Crippen LogP contribution is 2.15. The summed E-state index contributed by atoms with van der Waals surface area (Å²) in [6.45, 7) is 2.57. The average Bonchev–Trinajstić information content (AvgIpc) is 2.46. The number of hydrogen-bond acceptors (Lipinski definition) is 3. The first-order valence-corrected chi connectivity index (χ1v) is 6.79. The first-order chi connectivity index (χ1) is 9.19. The number of rotatable bonds is 7. The molecule has 0 aliphatic carbocycles. The molecule has 0 fully saturated rings. The lowest BCUT2D eigenvalue weighted by Crippen LogP contribution is -2.33. The lowest BCUT2D eigenvalue weighted by molar-refractivity contribution is -0.116. The van der Waals surface area contributed by atoms with E-state index >= 15 is 0 Å². The highest BCUT2D eigenvalue weighted by molar-refractivity contribution is 6.27. The highest BCUT2D eigenvalue weighted by atomic mass is 35.5. The zero-order valence-corrected chi connectivity index (χ0v) is 11.7. The molecule has 0 aliphatic rings. The van der Waals surface area contributed by atoms with Crippen LogP contribution in [0.5, 0.6) is 0 Å². The molecule has 1 amide bonds. The Morgan fingerprint density at radius 1 is 1.26 bits per heavy atom. The van der Waals surface area contributed by atoms with Crippen LogP contribution < -0.4 is 4.90 Å². The third-order valence-corrected chi connectivity index (χ3v) is 2.78. The molecule has 1 rings (SSSR count). The fourth-order valence-electron chi connectivity index (χ4n) is 1.50. The molecule has 0 aliphatic heterocycles. The predicted molar refractivity (Wildman–Crippen MR) is 75.8 cm³/mol. The number of ketones is 1. The number of carbonyl (C=O) groups excluding carboxylic acids is 2. The zero-order valence-electron chi connectivity index (χ0n) is 11.0. The van der Waals surface area contributed by atoms with Crippen molar-refractivity contribution in [2.75, 3.05) is 23.9 Å². The van der Waals surface area contributed by atoms with Crippen LogP contribution in [0.3, 0.4) is 0 Å². The molecule has 1 aromatic carbocycles. The summed E-state index contributed by atoms with van der Waals surface area (Å²) in [5, 5.41) is 0. The van der Waals surface area contributed by atoms with Gasteiger partial charge in [0, 0.05) is 18.7 Å². The minimum absolute atomic E-state index is 0.0351. The largest absolute Gasteiger partial charge is 0.449 e. The van der Waals surface area contributed by atoms with Gasteiger partial charge in [0.25, 0.3) is 0 Å². The number of amides is 1. The minimum atomic E-state index is -0.435. The lowest BCUT2D eigenvalue weighted by atomic mass is 10.2. The Balaban J connectivity index is 2.73. The molecule has 1 aromatic rings. The van der Waals surface area contributed by atoms with Crippen molar-refractivity contribution in [1.29, 1.82) is 0 Å². The SMILES string of the molecule is CCCOC(=O)N(CCC(=O)CCl)c1ccccc1. The van der Waals surface area contributed by atoms with Gasteiger partial charge in [-0.25, -0.2) is 4.79 Å². The van der Waals surface area contributed by atoms with Gasteiger partial charge in [-0.05, 0) is 18.6 Å². The van der Waals surface area contributed by atoms with E-state index in [1.54, 1.807) is 12.1 Å². The van der Waals surface area contributed by atoms with Crippen molar-refractivity contribution in [2.45, 2.75) is 19.8 Å². The fourth-order valence-corrected chi connectivity index (χ4v) is 1.64. The second-order valence-corrected chi connectivity index (χ2v) is 4.29. The average molecular weight is 284 g/mol. The molecule has 0 radical (unpaired) electrons. The van der Waals surface area contributed by atoms with Gasteiger partial charge in [-0.3, -0.25) is 9.69 Å². The minimum Gasteiger partial charge on any atom is -0.449 e. The summed E-state index contributed by atoms with van der Waals surface area (Å²) in [5.74, 6) is -0.127. The number of alkyl halides is 1. The number of benzene rings is 1. The maximum atomic E-state index is 12.0. The van der Waals surface area contributed by atoms with Crippen molar-refractivity contribution in [1.82, 2.24) is 0 Å². The van der Waals surface area contributed by atoms with E-state index in [0.717, 1.165) is 6.42 Å². The quantitative estimate of drug-likeness (QED) is 0.722. The molecule has 0 spiro atoms. The van der Waals surface area contributed by atoms with Gasteiger partial charge in [0.1, 0.15) is 5.78 Å². The number of hydrogen-bond donors (Lipinski definition) is 0. The molecule has 0 heterocycles. The smallest absolute Gasteiger partial charge is 0.414 e. The standard InChI is InChI=1S/C14H18ClNO3/c1-2-10-19-14(18)16(9-8-13(17)11-15)12-6-4-3-5-7-12/h3-7H,2,8-11H2,1H3. The maximum Gasteiger partial charge on any atom is 0.414 e. The first-order valence-electron chi connectivity index (χ1n) is 6.26. The summed E-state index contributed by atoms with van der Waals surface area (Å²) in [4.78, 5) is 24.7. The summed E-state index contributed by atoms with van der Waals surface area (Å²) < 4.78 is 5.12. The van der Waals surface area contributed by atoms with Gasteiger partial charge in [-0.2, -0.15) is 0 Å². The number of Topliss-reactive ketones (excluding diaryl/α,β-unsaturated/α-hetero) is 1. The molecular weight excluding hydrogens is 266 g/mol. The van der Waals surface area contributed by atoms with Gasteiger partial charge in [0.2, 0.25) is 0 Å². The summed E-state index contributed by atoms with van der Waals surface area (Å²) in [6.07, 6.45) is 0.546. The van der Waals surface area contributed by atoms with E-state index in [2.05, 4.69) is 0 Å². The van der Waals surface area contributed by atoms with Crippen LogP contribution in [-0.4, -0.2) is 30.9 Å². The Morgan fingerprint density at radius 2 is 1.95 bits per heavy atom. The second-order valence-electron chi connectivity index (χ2n) is 4.02. The second kappa shape index (κ2) is 8.53.